The van der Waals surface area contributed by atoms with Gasteiger partial charge in [-0.1, -0.05) is 54.6 Å². The van der Waals surface area contributed by atoms with Gasteiger partial charge < -0.3 is 0 Å². The number of fused-ring (bicyclic) bond motifs is 4. The molecule has 0 aliphatic rings. The monoisotopic (exact) mass is 550 g/mol. The summed E-state index contributed by atoms with van der Waals surface area (Å²) in [6.07, 6.45) is 7.36. The molecule has 0 saturated heterocycles. The van der Waals surface area contributed by atoms with Crippen molar-refractivity contribution in [1.29, 1.82) is 5.26 Å². The highest BCUT2D eigenvalue weighted by Crippen LogP contribution is 2.36. The maximum atomic E-state index is 10.1. The van der Waals surface area contributed by atoms with E-state index in [1.165, 1.54) is 0 Å². The van der Waals surface area contributed by atoms with Gasteiger partial charge in [0.15, 0.2) is 0 Å². The first-order valence-corrected chi connectivity index (χ1v) is 13.9. The lowest BCUT2D eigenvalue weighted by molar-refractivity contribution is 1.08. The van der Waals surface area contributed by atoms with E-state index in [4.69, 9.17) is 9.97 Å². The van der Waals surface area contributed by atoms with Crippen LogP contribution in [0.15, 0.2) is 134 Å². The first-order valence-electron chi connectivity index (χ1n) is 13.9. The van der Waals surface area contributed by atoms with Crippen molar-refractivity contribution in [3.63, 3.8) is 0 Å². The number of nitrogens with zero attached hydrogens (tertiary/aromatic N) is 6. The summed E-state index contributed by atoms with van der Waals surface area (Å²) in [5.74, 6) is 0.808. The minimum Gasteiger partial charge on any atom is -0.292 e. The highest BCUT2D eigenvalue weighted by Gasteiger charge is 2.17. The van der Waals surface area contributed by atoms with Crippen molar-refractivity contribution >= 4 is 32.6 Å². The Morgan fingerprint density at radius 2 is 1.40 bits per heavy atom. The number of para-hydroxylation sites is 1. The summed E-state index contributed by atoms with van der Waals surface area (Å²) in [5.41, 5.74) is 7.53. The summed E-state index contributed by atoms with van der Waals surface area (Å²) in [4.78, 5) is 18.9. The van der Waals surface area contributed by atoms with Crippen molar-refractivity contribution in [1.82, 2.24) is 24.5 Å². The molecular formula is C37H22N6. The van der Waals surface area contributed by atoms with E-state index in [-0.39, 0.29) is 0 Å². The molecule has 5 aromatic heterocycles. The second-order valence-electron chi connectivity index (χ2n) is 10.3. The zero-order valence-electron chi connectivity index (χ0n) is 22.9. The summed E-state index contributed by atoms with van der Waals surface area (Å²) in [7, 11) is 0. The minimum absolute atomic E-state index is 0.573. The highest BCUT2D eigenvalue weighted by molar-refractivity contribution is 6.08. The number of nitriles is 1. The third-order valence-corrected chi connectivity index (χ3v) is 7.84. The van der Waals surface area contributed by atoms with Crippen LogP contribution in [0, 0.1) is 11.3 Å². The van der Waals surface area contributed by atoms with Crippen LogP contribution in [0.25, 0.3) is 72.2 Å². The lowest BCUT2D eigenvalue weighted by Gasteiger charge is -2.13. The molecule has 0 amide bonds. The second kappa shape index (κ2) is 10.0. The molecule has 3 aromatic carbocycles. The Balaban J connectivity index is 1.32. The number of pyridine rings is 4. The lowest BCUT2D eigenvalue weighted by Crippen LogP contribution is -1.98. The van der Waals surface area contributed by atoms with Crippen molar-refractivity contribution in [2.75, 3.05) is 0 Å². The van der Waals surface area contributed by atoms with Crippen LogP contribution in [0.5, 0.6) is 0 Å². The van der Waals surface area contributed by atoms with Crippen molar-refractivity contribution in [3.05, 3.63) is 140 Å². The molecular weight excluding hydrogens is 528 g/mol. The van der Waals surface area contributed by atoms with Gasteiger partial charge in [0.25, 0.3) is 0 Å². The van der Waals surface area contributed by atoms with Gasteiger partial charge in [0, 0.05) is 40.5 Å². The molecule has 0 fully saturated rings. The van der Waals surface area contributed by atoms with Crippen LogP contribution in [0.4, 0.5) is 0 Å². The molecule has 0 bridgehead atoms. The summed E-state index contributed by atoms with van der Waals surface area (Å²) < 4.78 is 2.15. The first kappa shape index (κ1) is 24.6. The summed E-state index contributed by atoms with van der Waals surface area (Å²) >= 11 is 0. The fourth-order valence-corrected chi connectivity index (χ4v) is 5.87. The van der Waals surface area contributed by atoms with E-state index in [2.05, 4.69) is 50.9 Å². The summed E-state index contributed by atoms with van der Waals surface area (Å²) in [6.45, 7) is 0. The van der Waals surface area contributed by atoms with Crippen LogP contribution >= 0.6 is 0 Å². The Kier molecular flexibility index (Phi) is 5.73. The Bertz CT molecular complexity index is 2300. The topological polar surface area (TPSA) is 80.3 Å². The molecule has 0 N–H and O–H groups in total. The maximum absolute atomic E-state index is 10.1. The molecule has 0 aliphatic heterocycles. The average Bonchev–Trinajstić information content (AvgIpc) is 3.42. The largest absolute Gasteiger partial charge is 0.292 e. The SMILES string of the molecule is N#Cc1ccc2ccccc2c1-c1cc(-c2ccc(-n3c4ccccc4c4ccncc43)nc2)cc(-c2ccccn2)n1. The summed E-state index contributed by atoms with van der Waals surface area (Å²) in [6, 6.07) is 38.6. The molecule has 6 heteroatoms. The van der Waals surface area contributed by atoms with Crippen LogP contribution in [-0.4, -0.2) is 24.5 Å². The molecule has 5 heterocycles. The normalized spacial score (nSPS) is 11.2. The van der Waals surface area contributed by atoms with E-state index in [1.54, 1.807) is 6.20 Å². The van der Waals surface area contributed by atoms with Crippen molar-refractivity contribution in [2.24, 2.45) is 0 Å². The van der Waals surface area contributed by atoms with Gasteiger partial charge in [0.05, 0.1) is 45.9 Å². The van der Waals surface area contributed by atoms with E-state index in [9.17, 15) is 5.26 Å². The smallest absolute Gasteiger partial charge is 0.137 e. The molecule has 43 heavy (non-hydrogen) atoms. The molecule has 0 spiro atoms. The molecule has 0 saturated carbocycles. The van der Waals surface area contributed by atoms with Crippen LogP contribution in [0.2, 0.25) is 0 Å². The number of benzene rings is 3. The second-order valence-corrected chi connectivity index (χ2v) is 10.3. The fraction of sp³-hybridized carbons (Fsp3) is 0. The van der Waals surface area contributed by atoms with Gasteiger partial charge in [0.1, 0.15) is 5.82 Å². The molecule has 200 valence electrons. The Labute approximate surface area is 247 Å². The van der Waals surface area contributed by atoms with E-state index < -0.39 is 0 Å². The molecule has 8 rings (SSSR count). The quantitative estimate of drug-likeness (QED) is 0.220. The van der Waals surface area contributed by atoms with Crippen LogP contribution in [0.1, 0.15) is 5.56 Å². The average molecular weight is 551 g/mol. The maximum Gasteiger partial charge on any atom is 0.137 e. The molecule has 0 radical (unpaired) electrons. The lowest BCUT2D eigenvalue weighted by atomic mass is 9.94. The Morgan fingerprint density at radius 3 is 2.23 bits per heavy atom. The predicted octanol–water partition coefficient (Wildman–Crippen LogP) is 8.39. The van der Waals surface area contributed by atoms with Crippen molar-refractivity contribution in [2.45, 2.75) is 0 Å². The van der Waals surface area contributed by atoms with Crippen molar-refractivity contribution in [3.8, 4) is 45.7 Å². The van der Waals surface area contributed by atoms with Crippen LogP contribution in [0.3, 0.4) is 0 Å². The van der Waals surface area contributed by atoms with Crippen molar-refractivity contribution < 1.29 is 0 Å². The first-order chi connectivity index (χ1) is 21.3. The van der Waals surface area contributed by atoms with E-state index in [0.29, 0.717) is 11.3 Å². The Morgan fingerprint density at radius 1 is 0.581 bits per heavy atom. The van der Waals surface area contributed by atoms with E-state index in [0.717, 1.165) is 66.5 Å². The van der Waals surface area contributed by atoms with Gasteiger partial charge >= 0.3 is 0 Å². The molecule has 6 nitrogen and oxygen atoms in total. The third kappa shape index (κ3) is 4.11. The predicted molar refractivity (Wildman–Crippen MR) is 170 cm³/mol. The highest BCUT2D eigenvalue weighted by atomic mass is 15.1. The van der Waals surface area contributed by atoms with Crippen LogP contribution < -0.4 is 0 Å². The number of aromatic nitrogens is 5. The zero-order chi connectivity index (χ0) is 28.8. The number of hydrogen-bond donors (Lipinski definition) is 0. The molecule has 8 aromatic rings. The fourth-order valence-electron chi connectivity index (χ4n) is 5.87. The van der Waals surface area contributed by atoms with E-state index >= 15 is 0 Å². The van der Waals surface area contributed by atoms with Gasteiger partial charge in [-0.2, -0.15) is 5.26 Å². The molecule has 0 unspecified atom stereocenters. The third-order valence-electron chi connectivity index (χ3n) is 7.84. The van der Waals surface area contributed by atoms with Crippen LogP contribution in [-0.2, 0) is 0 Å². The molecule has 0 aliphatic carbocycles. The number of hydrogen-bond acceptors (Lipinski definition) is 5. The Hall–Kier alpha value is -6.19. The standard InChI is InChI=1S/C37H22N6/c38-21-25-13-12-24-7-1-2-8-28(24)37(25)33-20-27(19-32(42-33)31-10-5-6-17-40-31)26-14-15-36(41-22-26)43-34-11-4-3-9-29(34)30-16-18-39-23-35(30)43/h1-20,22-23H. The van der Waals surface area contributed by atoms with E-state index in [1.807, 2.05) is 97.5 Å². The van der Waals surface area contributed by atoms with Gasteiger partial charge in [-0.25, -0.2) is 9.97 Å². The zero-order valence-corrected chi connectivity index (χ0v) is 22.9. The van der Waals surface area contributed by atoms with Gasteiger partial charge in [0.2, 0.25) is 0 Å². The van der Waals surface area contributed by atoms with Gasteiger partial charge in [-0.3, -0.25) is 14.5 Å². The summed E-state index contributed by atoms with van der Waals surface area (Å²) in [5, 5.41) is 14.4. The van der Waals surface area contributed by atoms with Gasteiger partial charge in [-0.05, 0) is 70.9 Å². The number of rotatable bonds is 4. The molecule has 0 atom stereocenters. The minimum atomic E-state index is 0.573. The van der Waals surface area contributed by atoms with Gasteiger partial charge in [-0.15, -0.1) is 0 Å².